The van der Waals surface area contributed by atoms with Gasteiger partial charge < -0.3 is 91.3 Å². The number of guanidine groups is 4. The molecule has 0 aromatic heterocycles. The lowest BCUT2D eigenvalue weighted by atomic mass is 10.1. The van der Waals surface area contributed by atoms with E-state index >= 15 is 0 Å². The van der Waals surface area contributed by atoms with Crippen molar-refractivity contribution in [1.29, 1.82) is 21.6 Å². The maximum Gasteiger partial charge on any atom is 0.299 e. The van der Waals surface area contributed by atoms with Gasteiger partial charge in [-0.15, -0.1) is 0 Å². The van der Waals surface area contributed by atoms with Crippen LogP contribution in [0.1, 0.15) is 17.2 Å². The lowest BCUT2D eigenvalue weighted by Gasteiger charge is -2.31. The van der Waals surface area contributed by atoms with E-state index in [-0.39, 0.29) is 5.56 Å². The van der Waals surface area contributed by atoms with E-state index in [0.29, 0.717) is 17.4 Å². The number of nitrogens with two attached hydrogens (primary N) is 5. The van der Waals surface area contributed by atoms with Crippen molar-refractivity contribution in [1.82, 2.24) is 47.9 Å². The van der Waals surface area contributed by atoms with Crippen LogP contribution in [0.5, 0.6) is 5.75 Å². The minimum atomic E-state index is -2.40. The Kier molecular flexibility index (Phi) is 18.7. The first-order valence-electron chi connectivity index (χ1n) is 19.2. The molecule has 33 nitrogen and oxygen atoms in total. The van der Waals surface area contributed by atoms with Gasteiger partial charge in [-0.3, -0.25) is 70.6 Å². The highest BCUT2D eigenvalue weighted by Gasteiger charge is 2.36. The van der Waals surface area contributed by atoms with Gasteiger partial charge in [-0.05, 0) is 29.3 Å². The van der Waals surface area contributed by atoms with Gasteiger partial charge in [0.15, 0.2) is 48.5 Å². The van der Waals surface area contributed by atoms with Crippen molar-refractivity contribution in [3.05, 3.63) is 104 Å². The number of nitro benzene ring substituents is 2. The van der Waals surface area contributed by atoms with Crippen molar-refractivity contribution in [2.45, 2.75) is 43.5 Å². The third-order valence-corrected chi connectivity index (χ3v) is 8.82. The van der Waals surface area contributed by atoms with E-state index in [1.807, 2.05) is 26.6 Å². The van der Waals surface area contributed by atoms with Gasteiger partial charge in [0.05, 0.1) is 23.0 Å². The van der Waals surface area contributed by atoms with Crippen LogP contribution in [0.3, 0.4) is 0 Å². The topological polar surface area (TPSA) is 555 Å². The molecule has 0 aliphatic rings. The molecule has 0 saturated carbocycles. The molecule has 3 rings (SSSR count). The number of carbonyl (C=O) groups excluding carboxylic acids is 6. The summed E-state index contributed by atoms with van der Waals surface area (Å²) in [6.45, 7) is -0.450. The number of primary amides is 1. The summed E-state index contributed by atoms with van der Waals surface area (Å²) in [6.07, 6.45) is -10.6. The standard InChI is InChI=1S/C36H47N21O12/c1-69-18-10-7-15(8-11-18)14-55(19-12-9-17(56(65)66)13-20(19)57(67)68)32(64)31(63)46-21(16-5-3-2-4-6-16)27(59)48-24(52-34(40)41)29(61)50-26(54-36(44)45)30(62)49-25(53-35(42)43)28(60)47-23(22(37)58)51-33(38)39/h2-13,21,23-26,32,64H,14H2,1H3,(H2,37,58)(H,46,63)(H,47,60)(H,48,59)(H,49,62)(H,50,61)(H4,38,39,51)(H4,40,41,52)(H4,42,43,53)(H4,44,45,54). The number of carbonyl (C=O) groups is 6. The number of nitrogens with one attached hydrogen (secondary N) is 13. The summed E-state index contributed by atoms with van der Waals surface area (Å²) in [5.74, 6) is -11.4. The highest BCUT2D eigenvalue weighted by molar-refractivity contribution is 6.00. The van der Waals surface area contributed by atoms with Gasteiger partial charge in [0.1, 0.15) is 17.5 Å². The van der Waals surface area contributed by atoms with Gasteiger partial charge in [0.25, 0.3) is 40.9 Å². The number of nitrogens with zero attached hydrogens (tertiary/aromatic N) is 3. The van der Waals surface area contributed by atoms with Crippen LogP contribution in [0.4, 0.5) is 17.1 Å². The summed E-state index contributed by atoms with van der Waals surface area (Å²) >= 11 is 0. The summed E-state index contributed by atoms with van der Waals surface area (Å²) in [6, 6.07) is 13.7. The Morgan fingerprint density at radius 1 is 0.609 bits per heavy atom. The fourth-order valence-electron chi connectivity index (χ4n) is 5.75. The Morgan fingerprint density at radius 2 is 1.06 bits per heavy atom. The quantitative estimate of drug-likeness (QED) is 0.0138. The second kappa shape index (κ2) is 24.3. The van der Waals surface area contributed by atoms with Gasteiger partial charge >= 0.3 is 0 Å². The number of aliphatic hydroxyl groups excluding tert-OH is 1. The molecule has 0 heterocycles. The first-order chi connectivity index (χ1) is 32.4. The highest BCUT2D eigenvalue weighted by atomic mass is 16.6. The van der Waals surface area contributed by atoms with E-state index < -0.39 is 130 Å². The number of nitro groups is 2. The maximum absolute atomic E-state index is 14.1. The number of rotatable bonds is 23. The third-order valence-electron chi connectivity index (χ3n) is 8.82. The van der Waals surface area contributed by atoms with Crippen LogP contribution in [-0.4, -0.2) is 112 Å². The molecule has 0 aliphatic heterocycles. The second-order valence-corrected chi connectivity index (χ2v) is 13.8. The monoisotopic (exact) mass is 965 g/mol. The molecule has 0 spiro atoms. The van der Waals surface area contributed by atoms with Crippen LogP contribution in [0.15, 0.2) is 72.8 Å². The zero-order valence-electron chi connectivity index (χ0n) is 35.8. The zero-order chi connectivity index (χ0) is 51.7. The number of ether oxygens (including phenoxy) is 1. The lowest BCUT2D eigenvalue weighted by molar-refractivity contribution is -0.393. The molecule has 24 N–H and O–H groups in total. The molecule has 6 atom stereocenters. The highest BCUT2D eigenvalue weighted by Crippen LogP contribution is 2.34. The Morgan fingerprint density at radius 3 is 1.48 bits per heavy atom. The Bertz CT molecular complexity index is 2480. The predicted molar refractivity (Wildman–Crippen MR) is 239 cm³/mol. The molecule has 0 aliphatic carbocycles. The SMILES string of the molecule is COc1ccc(CN(c2ccc([N+](=O)[O-])cc2[N+](=O)[O-])C(O)C(=O)NC(C(=O)NC(NC(=N)N)C(=O)NC(NC(=N)N)C(=O)NC(NC(=N)N)C(=O)NC(NC(=N)N)C(N)=O)c2ccccc2)cc1. The van der Waals surface area contributed by atoms with Crippen LogP contribution in [0, 0.1) is 41.9 Å². The molecule has 3 aromatic rings. The van der Waals surface area contributed by atoms with Crippen LogP contribution in [0.25, 0.3) is 0 Å². The smallest absolute Gasteiger partial charge is 0.299 e. The van der Waals surface area contributed by atoms with Gasteiger partial charge in [-0.2, -0.15) is 0 Å². The minimum Gasteiger partial charge on any atom is -0.497 e. The van der Waals surface area contributed by atoms with E-state index in [2.05, 4.69) is 21.3 Å². The van der Waals surface area contributed by atoms with Gasteiger partial charge in [0, 0.05) is 12.6 Å². The summed E-state index contributed by atoms with van der Waals surface area (Å²) in [7, 11) is 1.39. The maximum atomic E-state index is 14.1. The molecule has 33 heteroatoms. The van der Waals surface area contributed by atoms with Crippen molar-refractivity contribution in [3.63, 3.8) is 0 Å². The average Bonchev–Trinajstić information content (AvgIpc) is 3.28. The first kappa shape index (κ1) is 53.3. The normalized spacial score (nSPS) is 13.0. The molecule has 69 heavy (non-hydrogen) atoms. The molecule has 0 fully saturated rings. The summed E-state index contributed by atoms with van der Waals surface area (Å²) < 4.78 is 5.16. The molecule has 0 saturated heterocycles. The van der Waals surface area contributed by atoms with Crippen molar-refractivity contribution in [3.8, 4) is 5.75 Å². The lowest BCUT2D eigenvalue weighted by Crippen LogP contribution is -2.68. The van der Waals surface area contributed by atoms with Gasteiger partial charge in [-0.1, -0.05) is 42.5 Å². The number of non-ortho nitro benzene ring substituents is 1. The van der Waals surface area contributed by atoms with E-state index in [9.17, 15) is 54.1 Å². The zero-order valence-corrected chi connectivity index (χ0v) is 35.8. The number of amides is 6. The summed E-state index contributed by atoms with van der Waals surface area (Å²) in [5.41, 5.74) is 25.0. The Balaban J connectivity index is 1.99. The van der Waals surface area contributed by atoms with E-state index in [4.69, 9.17) is 55.0 Å². The number of aliphatic hydroxyl groups is 1. The van der Waals surface area contributed by atoms with Gasteiger partial charge in [-0.25, -0.2) is 0 Å². The molecule has 0 bridgehead atoms. The molecule has 6 amide bonds. The molecule has 6 unspecified atom stereocenters. The van der Waals surface area contributed by atoms with Crippen LogP contribution < -0.4 is 86.2 Å². The fourth-order valence-corrected chi connectivity index (χ4v) is 5.75. The van der Waals surface area contributed by atoms with E-state index in [1.165, 1.54) is 61.7 Å². The summed E-state index contributed by atoms with van der Waals surface area (Å²) in [5, 5.41) is 84.4. The number of benzene rings is 3. The Labute approximate surface area is 387 Å². The number of hydrogen-bond donors (Lipinski definition) is 19. The molecular weight excluding hydrogens is 919 g/mol. The van der Waals surface area contributed by atoms with Crippen molar-refractivity contribution >= 4 is 76.3 Å². The minimum absolute atomic E-state index is 0.00424. The average molecular weight is 966 g/mol. The molecule has 368 valence electrons. The van der Waals surface area contributed by atoms with Gasteiger partial charge in [0.2, 0.25) is 12.1 Å². The predicted octanol–water partition coefficient (Wildman–Crippen LogP) is -6.12. The van der Waals surface area contributed by atoms with E-state index in [0.717, 1.165) is 17.0 Å². The first-order valence-corrected chi connectivity index (χ1v) is 19.2. The number of anilines is 1. The van der Waals surface area contributed by atoms with Crippen molar-refractivity contribution < 1.29 is 48.5 Å². The summed E-state index contributed by atoms with van der Waals surface area (Å²) in [4.78, 5) is 103. The van der Waals surface area contributed by atoms with Crippen molar-refractivity contribution in [2.24, 2.45) is 28.7 Å². The molecule has 0 radical (unpaired) electrons. The van der Waals surface area contributed by atoms with E-state index in [1.54, 1.807) is 0 Å². The fraction of sp³-hybridized carbons (Fsp3) is 0.222. The Hall–Kier alpha value is -10.1. The second-order valence-electron chi connectivity index (χ2n) is 13.8. The number of hydrogen-bond acceptors (Lipinski definition) is 17. The number of methoxy groups -OCH3 is 1. The van der Waals surface area contributed by atoms with Crippen molar-refractivity contribution in [2.75, 3.05) is 12.0 Å². The van der Waals surface area contributed by atoms with Crippen LogP contribution in [0.2, 0.25) is 0 Å². The molecule has 3 aromatic carbocycles. The van der Waals surface area contributed by atoms with Crippen LogP contribution >= 0.6 is 0 Å². The largest absolute Gasteiger partial charge is 0.497 e. The third kappa shape index (κ3) is 15.8. The van der Waals surface area contributed by atoms with Crippen LogP contribution in [-0.2, 0) is 35.3 Å². The molecular formula is C36H47N21O12.